The number of nitrogens with one attached hydrogen (secondary N) is 2. The predicted molar refractivity (Wildman–Crippen MR) is 99.0 cm³/mol. The van der Waals surface area contributed by atoms with E-state index in [1.165, 1.54) is 0 Å². The first-order valence-corrected chi connectivity index (χ1v) is 8.98. The highest BCUT2D eigenvalue weighted by atomic mass is 16.5. The Labute approximate surface area is 152 Å². The van der Waals surface area contributed by atoms with Gasteiger partial charge >= 0.3 is 5.97 Å². The molecule has 1 aromatic heterocycles. The lowest BCUT2D eigenvalue weighted by atomic mass is 9.99. The molecule has 0 saturated carbocycles. The minimum absolute atomic E-state index is 0.0117. The molecule has 2 rings (SSSR count). The van der Waals surface area contributed by atoms with Gasteiger partial charge in [0.05, 0.1) is 5.39 Å². The van der Waals surface area contributed by atoms with Gasteiger partial charge in [0, 0.05) is 11.9 Å². The van der Waals surface area contributed by atoms with Crippen molar-refractivity contribution in [2.24, 2.45) is 5.92 Å². The third kappa shape index (κ3) is 5.15. The molecular weight excluding hydrogens is 334 g/mol. The highest BCUT2D eigenvalue weighted by Gasteiger charge is 2.17. The third-order valence-corrected chi connectivity index (χ3v) is 4.35. The molecule has 0 aliphatic heterocycles. The van der Waals surface area contributed by atoms with E-state index in [2.05, 4.69) is 29.4 Å². The molecule has 7 heteroatoms. The van der Waals surface area contributed by atoms with E-state index in [4.69, 9.17) is 4.74 Å². The van der Waals surface area contributed by atoms with Crippen LogP contribution in [0.15, 0.2) is 29.1 Å². The summed E-state index contributed by atoms with van der Waals surface area (Å²) in [7, 11) is 0. The zero-order valence-electron chi connectivity index (χ0n) is 15.2. The van der Waals surface area contributed by atoms with Gasteiger partial charge in [-0.2, -0.15) is 5.10 Å². The number of ether oxygens (including phenoxy) is 1. The number of amides is 1. The molecule has 1 aromatic carbocycles. The van der Waals surface area contributed by atoms with Gasteiger partial charge in [-0.25, -0.2) is 9.89 Å². The summed E-state index contributed by atoms with van der Waals surface area (Å²) >= 11 is 0. The molecule has 26 heavy (non-hydrogen) atoms. The Morgan fingerprint density at radius 2 is 1.96 bits per heavy atom. The van der Waals surface area contributed by atoms with E-state index in [1.54, 1.807) is 24.3 Å². The van der Waals surface area contributed by atoms with Crippen LogP contribution < -0.4 is 10.9 Å². The Bertz CT molecular complexity index is 816. The van der Waals surface area contributed by atoms with Crippen LogP contribution in [0.5, 0.6) is 0 Å². The molecule has 0 aliphatic carbocycles. The topological polar surface area (TPSA) is 101 Å². The molecule has 0 unspecified atom stereocenters. The number of aromatic amines is 1. The monoisotopic (exact) mass is 359 g/mol. The zero-order valence-corrected chi connectivity index (χ0v) is 15.2. The van der Waals surface area contributed by atoms with E-state index in [0.717, 1.165) is 25.7 Å². The number of aromatic nitrogens is 2. The van der Waals surface area contributed by atoms with Crippen LogP contribution >= 0.6 is 0 Å². The summed E-state index contributed by atoms with van der Waals surface area (Å²) in [5, 5.41) is 9.58. The number of fused-ring (bicyclic) bond motifs is 1. The number of unbranched alkanes of at least 4 members (excludes halogenated alkanes) is 1. The second-order valence-electron chi connectivity index (χ2n) is 6.24. The molecule has 1 amide bonds. The summed E-state index contributed by atoms with van der Waals surface area (Å²) in [6.07, 6.45) is 4.32. The van der Waals surface area contributed by atoms with Crippen molar-refractivity contribution in [3.05, 3.63) is 40.3 Å². The van der Waals surface area contributed by atoms with Gasteiger partial charge in [-0.05, 0) is 18.4 Å². The molecule has 1 heterocycles. The van der Waals surface area contributed by atoms with Crippen LogP contribution in [0.3, 0.4) is 0 Å². The van der Waals surface area contributed by atoms with Crippen molar-refractivity contribution in [1.29, 1.82) is 0 Å². The number of hydrogen-bond donors (Lipinski definition) is 2. The van der Waals surface area contributed by atoms with Crippen LogP contribution in [0.4, 0.5) is 0 Å². The van der Waals surface area contributed by atoms with Crippen molar-refractivity contribution >= 4 is 22.6 Å². The van der Waals surface area contributed by atoms with Gasteiger partial charge in [-0.1, -0.05) is 51.3 Å². The van der Waals surface area contributed by atoms with Crippen molar-refractivity contribution in [2.75, 3.05) is 13.2 Å². The number of H-pyrrole nitrogens is 1. The lowest BCUT2D eigenvalue weighted by Gasteiger charge is -2.15. The summed E-state index contributed by atoms with van der Waals surface area (Å²) in [5.41, 5.74) is -0.394. The minimum atomic E-state index is -0.745. The smallest absolute Gasteiger partial charge is 0.359 e. The van der Waals surface area contributed by atoms with Gasteiger partial charge in [0.15, 0.2) is 12.3 Å². The van der Waals surface area contributed by atoms with Crippen molar-refractivity contribution in [1.82, 2.24) is 15.5 Å². The van der Waals surface area contributed by atoms with Gasteiger partial charge in [0.25, 0.3) is 11.5 Å². The zero-order chi connectivity index (χ0) is 18.9. The second kappa shape index (κ2) is 9.70. The lowest BCUT2D eigenvalue weighted by Crippen LogP contribution is -2.33. The molecule has 0 fully saturated rings. The van der Waals surface area contributed by atoms with Crippen LogP contribution in [-0.4, -0.2) is 35.2 Å². The fourth-order valence-corrected chi connectivity index (χ4v) is 2.72. The second-order valence-corrected chi connectivity index (χ2v) is 6.24. The van der Waals surface area contributed by atoms with Crippen LogP contribution in [0.25, 0.3) is 10.8 Å². The Kier molecular flexibility index (Phi) is 7.32. The first kappa shape index (κ1) is 19.6. The lowest BCUT2D eigenvalue weighted by molar-refractivity contribution is -0.124. The quantitative estimate of drug-likeness (QED) is 0.670. The number of carbonyl (C=O) groups is 2. The number of rotatable bonds is 9. The molecule has 1 atom stereocenters. The molecule has 0 aliphatic rings. The van der Waals surface area contributed by atoms with E-state index in [9.17, 15) is 14.4 Å². The Morgan fingerprint density at radius 1 is 1.23 bits per heavy atom. The van der Waals surface area contributed by atoms with E-state index in [-0.39, 0.29) is 23.8 Å². The van der Waals surface area contributed by atoms with Crippen LogP contribution in [0, 0.1) is 5.92 Å². The number of hydrogen-bond acceptors (Lipinski definition) is 5. The average Bonchev–Trinajstić information content (AvgIpc) is 2.66. The summed E-state index contributed by atoms with van der Waals surface area (Å²) < 4.78 is 5.05. The molecule has 2 N–H and O–H groups in total. The van der Waals surface area contributed by atoms with Crippen molar-refractivity contribution < 1.29 is 14.3 Å². The normalized spacial score (nSPS) is 11.9. The fourth-order valence-electron chi connectivity index (χ4n) is 2.72. The largest absolute Gasteiger partial charge is 0.451 e. The van der Waals surface area contributed by atoms with Crippen molar-refractivity contribution in [3.8, 4) is 0 Å². The van der Waals surface area contributed by atoms with E-state index < -0.39 is 5.97 Å². The first-order chi connectivity index (χ1) is 12.6. The number of nitrogens with zero attached hydrogens (tertiary/aromatic N) is 1. The Morgan fingerprint density at radius 3 is 2.65 bits per heavy atom. The molecular formula is C19H25N3O4. The SMILES string of the molecule is CCCC[C@@H](CC)CNC(=O)COC(=O)c1n[nH]c(=O)c2ccccc12. The van der Waals surface area contributed by atoms with E-state index >= 15 is 0 Å². The summed E-state index contributed by atoms with van der Waals surface area (Å²) in [4.78, 5) is 35.9. The number of carbonyl (C=O) groups excluding carboxylic acids is 2. The molecule has 0 saturated heterocycles. The fraction of sp³-hybridized carbons (Fsp3) is 0.474. The van der Waals surface area contributed by atoms with Crippen LogP contribution in [-0.2, 0) is 9.53 Å². The van der Waals surface area contributed by atoms with Crippen LogP contribution in [0.1, 0.15) is 50.0 Å². The number of benzene rings is 1. The van der Waals surface area contributed by atoms with Crippen molar-refractivity contribution in [2.45, 2.75) is 39.5 Å². The van der Waals surface area contributed by atoms with E-state index in [0.29, 0.717) is 23.2 Å². The first-order valence-electron chi connectivity index (χ1n) is 8.98. The van der Waals surface area contributed by atoms with Gasteiger partial charge < -0.3 is 10.1 Å². The molecule has 2 aromatic rings. The Hall–Kier alpha value is -2.70. The highest BCUT2D eigenvalue weighted by Crippen LogP contribution is 2.13. The van der Waals surface area contributed by atoms with Gasteiger partial charge in [0.1, 0.15) is 0 Å². The minimum Gasteiger partial charge on any atom is -0.451 e. The van der Waals surface area contributed by atoms with Gasteiger partial charge in [0.2, 0.25) is 0 Å². The number of esters is 1. The molecule has 0 spiro atoms. The highest BCUT2D eigenvalue weighted by molar-refractivity contribution is 6.02. The molecule has 140 valence electrons. The van der Waals surface area contributed by atoms with Gasteiger partial charge in [-0.3, -0.25) is 9.59 Å². The Balaban J connectivity index is 1.92. The van der Waals surface area contributed by atoms with Crippen LogP contribution in [0.2, 0.25) is 0 Å². The maximum Gasteiger partial charge on any atom is 0.359 e. The predicted octanol–water partition coefficient (Wildman–Crippen LogP) is 2.41. The maximum atomic E-state index is 12.2. The maximum absolute atomic E-state index is 12.2. The standard InChI is InChI=1S/C19H25N3O4/c1-3-5-8-13(4-2)11-20-16(23)12-26-19(25)17-14-9-6-7-10-15(14)18(24)22-21-17/h6-7,9-10,13H,3-5,8,11-12H2,1-2H3,(H,20,23)(H,22,24)/t13-/m1/s1. The summed E-state index contributed by atoms with van der Waals surface area (Å²) in [6, 6.07) is 6.62. The molecule has 7 nitrogen and oxygen atoms in total. The third-order valence-electron chi connectivity index (χ3n) is 4.35. The van der Waals surface area contributed by atoms with E-state index in [1.807, 2.05) is 0 Å². The summed E-state index contributed by atoms with van der Waals surface area (Å²) in [6.45, 7) is 4.43. The summed E-state index contributed by atoms with van der Waals surface area (Å²) in [5.74, 6) is -0.660. The average molecular weight is 359 g/mol. The van der Waals surface area contributed by atoms with Gasteiger partial charge in [-0.15, -0.1) is 0 Å². The molecule has 0 bridgehead atoms. The van der Waals surface area contributed by atoms with Crippen molar-refractivity contribution in [3.63, 3.8) is 0 Å². The molecule has 0 radical (unpaired) electrons.